The minimum atomic E-state index is -3.64. The summed E-state index contributed by atoms with van der Waals surface area (Å²) in [5, 5.41) is 15.4. The maximum absolute atomic E-state index is 11.1. The summed E-state index contributed by atoms with van der Waals surface area (Å²) in [5.74, 6) is 0.524. The van der Waals surface area contributed by atoms with Crippen LogP contribution in [0.25, 0.3) is 0 Å². The summed E-state index contributed by atoms with van der Waals surface area (Å²) in [4.78, 5) is 0.0952. The van der Waals surface area contributed by atoms with Gasteiger partial charge in [-0.05, 0) is 24.1 Å². The smallest absolute Gasteiger partial charge is 0.315 e. The SMILES string of the molecule is NS(=O)(=O)c1ccc(CCNc2nnc(CCl)o2)cc1. The van der Waals surface area contributed by atoms with Crippen molar-refractivity contribution in [2.24, 2.45) is 5.14 Å². The Balaban J connectivity index is 1.88. The molecule has 0 amide bonds. The van der Waals surface area contributed by atoms with Gasteiger partial charge in [-0.15, -0.1) is 16.7 Å². The zero-order valence-electron chi connectivity index (χ0n) is 10.4. The summed E-state index contributed by atoms with van der Waals surface area (Å²) in [5.41, 5.74) is 0.960. The molecule has 0 spiro atoms. The van der Waals surface area contributed by atoms with Crippen molar-refractivity contribution in [2.75, 3.05) is 11.9 Å². The monoisotopic (exact) mass is 316 g/mol. The minimum Gasteiger partial charge on any atom is -0.407 e. The zero-order valence-corrected chi connectivity index (χ0v) is 12.0. The lowest BCUT2D eigenvalue weighted by Gasteiger charge is -2.03. The van der Waals surface area contributed by atoms with Gasteiger partial charge in [0.25, 0.3) is 0 Å². The van der Waals surface area contributed by atoms with Crippen LogP contribution in [0.5, 0.6) is 0 Å². The Bertz CT molecular complexity index is 669. The number of nitrogens with one attached hydrogen (secondary N) is 1. The van der Waals surface area contributed by atoms with Gasteiger partial charge in [-0.3, -0.25) is 0 Å². The molecule has 0 aliphatic rings. The number of sulfonamides is 1. The van der Waals surface area contributed by atoms with Gasteiger partial charge in [0.2, 0.25) is 15.9 Å². The van der Waals surface area contributed by atoms with Crippen LogP contribution in [0.1, 0.15) is 11.5 Å². The minimum absolute atomic E-state index is 0.0952. The Hall–Kier alpha value is -1.64. The van der Waals surface area contributed by atoms with Gasteiger partial charge in [0.15, 0.2) is 0 Å². The van der Waals surface area contributed by atoms with E-state index in [0.29, 0.717) is 24.9 Å². The van der Waals surface area contributed by atoms with E-state index in [0.717, 1.165) is 5.56 Å². The highest BCUT2D eigenvalue weighted by Gasteiger charge is 2.07. The quantitative estimate of drug-likeness (QED) is 0.772. The van der Waals surface area contributed by atoms with Gasteiger partial charge in [-0.25, -0.2) is 13.6 Å². The molecule has 20 heavy (non-hydrogen) atoms. The second-order valence-corrected chi connectivity index (χ2v) is 5.83. The number of rotatable bonds is 6. The van der Waals surface area contributed by atoms with Crippen LogP contribution in [0, 0.1) is 0 Å². The molecule has 0 saturated carbocycles. The Morgan fingerprint density at radius 3 is 2.50 bits per heavy atom. The topological polar surface area (TPSA) is 111 Å². The number of hydrogen-bond donors (Lipinski definition) is 2. The lowest BCUT2D eigenvalue weighted by molar-refractivity contribution is 0.525. The number of hydrogen-bond acceptors (Lipinski definition) is 6. The molecule has 0 atom stereocenters. The summed E-state index contributed by atoms with van der Waals surface area (Å²) in [6.45, 7) is 0.568. The summed E-state index contributed by atoms with van der Waals surface area (Å²) in [6.07, 6.45) is 0.670. The van der Waals surface area contributed by atoms with Crippen molar-refractivity contribution >= 4 is 27.6 Å². The average molecular weight is 317 g/mol. The van der Waals surface area contributed by atoms with Crippen LogP contribution in [0.4, 0.5) is 6.01 Å². The molecule has 2 aromatic rings. The van der Waals surface area contributed by atoms with E-state index < -0.39 is 10.0 Å². The summed E-state index contributed by atoms with van der Waals surface area (Å²) in [6, 6.07) is 6.67. The van der Waals surface area contributed by atoms with Gasteiger partial charge in [-0.1, -0.05) is 17.2 Å². The first-order valence-corrected chi connectivity index (χ1v) is 7.81. The highest BCUT2D eigenvalue weighted by molar-refractivity contribution is 7.89. The molecule has 7 nitrogen and oxygen atoms in total. The molecule has 1 aromatic heterocycles. The van der Waals surface area contributed by atoms with Crippen molar-refractivity contribution in [1.29, 1.82) is 0 Å². The predicted octanol–water partition coefficient (Wildman–Crippen LogP) is 1.11. The molecular formula is C11H13ClN4O3S. The summed E-state index contributed by atoms with van der Waals surface area (Å²) >= 11 is 5.54. The number of nitrogens with zero attached hydrogens (tertiary/aromatic N) is 2. The largest absolute Gasteiger partial charge is 0.407 e. The van der Waals surface area contributed by atoms with Crippen molar-refractivity contribution < 1.29 is 12.8 Å². The summed E-state index contributed by atoms with van der Waals surface area (Å²) in [7, 11) is -3.64. The van der Waals surface area contributed by atoms with Crippen LogP contribution < -0.4 is 10.5 Å². The molecule has 2 rings (SSSR count). The van der Waals surface area contributed by atoms with E-state index in [4.69, 9.17) is 21.2 Å². The van der Waals surface area contributed by atoms with Crippen LogP contribution in [0.3, 0.4) is 0 Å². The number of aromatic nitrogens is 2. The number of primary sulfonamides is 1. The Kier molecular flexibility index (Phi) is 4.58. The van der Waals surface area contributed by atoms with Crippen molar-refractivity contribution in [1.82, 2.24) is 10.2 Å². The third kappa shape index (κ3) is 3.92. The third-order valence-electron chi connectivity index (χ3n) is 2.52. The second kappa shape index (κ2) is 6.21. The van der Waals surface area contributed by atoms with Crippen molar-refractivity contribution in [2.45, 2.75) is 17.2 Å². The third-order valence-corrected chi connectivity index (χ3v) is 3.68. The van der Waals surface area contributed by atoms with E-state index in [-0.39, 0.29) is 10.8 Å². The lowest BCUT2D eigenvalue weighted by atomic mass is 10.1. The van der Waals surface area contributed by atoms with Gasteiger partial charge in [0.1, 0.15) is 5.88 Å². The van der Waals surface area contributed by atoms with Crippen molar-refractivity contribution in [3.05, 3.63) is 35.7 Å². The number of anilines is 1. The predicted molar refractivity (Wildman–Crippen MR) is 73.9 cm³/mol. The normalized spacial score (nSPS) is 11.5. The standard InChI is InChI=1S/C11H13ClN4O3S/c12-7-10-15-16-11(19-10)14-6-5-8-1-3-9(4-2-8)20(13,17)18/h1-4H,5-7H2,(H,14,16)(H2,13,17,18). The van der Waals surface area contributed by atoms with E-state index in [9.17, 15) is 8.42 Å². The van der Waals surface area contributed by atoms with Gasteiger partial charge in [-0.2, -0.15) is 0 Å². The molecule has 0 radical (unpaired) electrons. The molecule has 0 bridgehead atoms. The van der Waals surface area contributed by atoms with Crippen LogP contribution in [-0.2, 0) is 22.3 Å². The fraction of sp³-hybridized carbons (Fsp3) is 0.273. The fourth-order valence-electron chi connectivity index (χ4n) is 1.54. The van der Waals surface area contributed by atoms with Crippen molar-refractivity contribution in [3.63, 3.8) is 0 Å². The zero-order chi connectivity index (χ0) is 14.6. The van der Waals surface area contributed by atoms with Gasteiger partial charge < -0.3 is 9.73 Å². The molecule has 0 saturated heterocycles. The molecule has 9 heteroatoms. The first-order valence-electron chi connectivity index (χ1n) is 5.73. The van der Waals surface area contributed by atoms with Crippen LogP contribution in [0.2, 0.25) is 0 Å². The molecule has 0 fully saturated rings. The Morgan fingerprint density at radius 1 is 1.25 bits per heavy atom. The van der Waals surface area contributed by atoms with Gasteiger partial charge in [0.05, 0.1) is 4.90 Å². The molecule has 1 heterocycles. The Labute approximate surface area is 121 Å². The molecule has 0 aliphatic heterocycles. The van der Waals surface area contributed by atoms with E-state index in [1.165, 1.54) is 12.1 Å². The average Bonchev–Trinajstić information content (AvgIpc) is 2.86. The first kappa shape index (κ1) is 14.8. The van der Waals surface area contributed by atoms with Crippen LogP contribution in [0.15, 0.2) is 33.6 Å². The highest BCUT2D eigenvalue weighted by Crippen LogP contribution is 2.10. The molecule has 0 aliphatic carbocycles. The molecule has 1 aromatic carbocycles. The summed E-state index contributed by atoms with van der Waals surface area (Å²) < 4.78 is 27.4. The van der Waals surface area contributed by atoms with Gasteiger partial charge in [0, 0.05) is 6.54 Å². The highest BCUT2D eigenvalue weighted by atomic mass is 35.5. The molecular weight excluding hydrogens is 304 g/mol. The molecule has 3 N–H and O–H groups in total. The number of nitrogens with two attached hydrogens (primary N) is 1. The second-order valence-electron chi connectivity index (χ2n) is 4.00. The van der Waals surface area contributed by atoms with E-state index in [1.54, 1.807) is 12.1 Å². The van der Waals surface area contributed by atoms with Crippen LogP contribution in [-0.4, -0.2) is 25.2 Å². The van der Waals surface area contributed by atoms with Gasteiger partial charge >= 0.3 is 6.01 Å². The maximum atomic E-state index is 11.1. The van der Waals surface area contributed by atoms with E-state index in [2.05, 4.69) is 15.5 Å². The number of benzene rings is 1. The molecule has 108 valence electrons. The van der Waals surface area contributed by atoms with Crippen LogP contribution >= 0.6 is 11.6 Å². The number of halogens is 1. The van der Waals surface area contributed by atoms with E-state index >= 15 is 0 Å². The first-order chi connectivity index (χ1) is 9.49. The molecule has 0 unspecified atom stereocenters. The maximum Gasteiger partial charge on any atom is 0.315 e. The Morgan fingerprint density at radius 2 is 1.95 bits per heavy atom. The lowest BCUT2D eigenvalue weighted by Crippen LogP contribution is -2.12. The number of alkyl halides is 1. The van der Waals surface area contributed by atoms with Crippen molar-refractivity contribution in [3.8, 4) is 0 Å². The fourth-order valence-corrected chi connectivity index (χ4v) is 2.16. The van der Waals surface area contributed by atoms with E-state index in [1.807, 2.05) is 0 Å².